The molecule has 196 valence electrons. The maximum absolute atomic E-state index is 12.6. The van der Waals surface area contributed by atoms with Crippen LogP contribution in [-0.2, 0) is 15.9 Å². The summed E-state index contributed by atoms with van der Waals surface area (Å²) in [4.78, 5) is 24.0. The van der Waals surface area contributed by atoms with Gasteiger partial charge in [0.1, 0.15) is 17.4 Å². The lowest BCUT2D eigenvalue weighted by Gasteiger charge is -2.24. The third kappa shape index (κ3) is 7.99. The van der Waals surface area contributed by atoms with Crippen molar-refractivity contribution in [3.05, 3.63) is 77.6 Å². The summed E-state index contributed by atoms with van der Waals surface area (Å²) >= 11 is 0. The van der Waals surface area contributed by atoms with Crippen LogP contribution in [0, 0.1) is 0 Å². The van der Waals surface area contributed by atoms with Crippen LogP contribution in [0.2, 0.25) is 0 Å². The van der Waals surface area contributed by atoms with Crippen molar-refractivity contribution in [2.24, 2.45) is 0 Å². The number of rotatable bonds is 8. The second-order valence-corrected chi connectivity index (χ2v) is 9.34. The number of methoxy groups -OCH3 is 1. The van der Waals surface area contributed by atoms with Crippen molar-refractivity contribution in [2.75, 3.05) is 19.0 Å². The first-order chi connectivity index (χ1) is 17.6. The number of hydrogen-bond acceptors (Lipinski definition) is 8. The van der Waals surface area contributed by atoms with Crippen molar-refractivity contribution in [3.63, 3.8) is 0 Å². The first-order valence-corrected chi connectivity index (χ1v) is 11.7. The molecule has 2 aromatic carbocycles. The monoisotopic (exact) mass is 508 g/mol. The zero-order valence-corrected chi connectivity index (χ0v) is 21.3. The van der Waals surface area contributed by atoms with Gasteiger partial charge >= 0.3 is 12.2 Å². The Morgan fingerprint density at radius 3 is 2.27 bits per heavy atom. The van der Waals surface area contributed by atoms with Crippen LogP contribution >= 0.6 is 0 Å². The summed E-state index contributed by atoms with van der Waals surface area (Å²) in [6.07, 6.45) is -2.10. The molecule has 2 atom stereocenters. The third-order valence-electron chi connectivity index (χ3n) is 5.30. The van der Waals surface area contributed by atoms with Gasteiger partial charge in [0, 0.05) is 17.7 Å². The molecule has 0 spiro atoms. The predicted molar refractivity (Wildman–Crippen MR) is 138 cm³/mol. The van der Waals surface area contributed by atoms with Crippen LogP contribution in [0.5, 0.6) is 0 Å². The Bertz CT molecular complexity index is 1200. The summed E-state index contributed by atoms with van der Waals surface area (Å²) in [5.41, 5.74) is 2.71. The van der Waals surface area contributed by atoms with Crippen LogP contribution in [0.4, 0.5) is 15.3 Å². The van der Waals surface area contributed by atoms with E-state index in [0.29, 0.717) is 28.9 Å². The Labute approximate surface area is 215 Å². The zero-order chi connectivity index (χ0) is 27.0. The number of alkyl carbamates (subject to hydrolysis) is 1. The second-order valence-electron chi connectivity index (χ2n) is 9.34. The van der Waals surface area contributed by atoms with Crippen molar-refractivity contribution in [2.45, 2.75) is 44.9 Å². The van der Waals surface area contributed by atoms with Gasteiger partial charge in [-0.05, 0) is 50.1 Å². The minimum Gasteiger partial charge on any atom is -0.453 e. The van der Waals surface area contributed by atoms with Gasteiger partial charge in [0.05, 0.1) is 25.5 Å². The number of nitrogens with zero attached hydrogens (tertiary/aromatic N) is 2. The van der Waals surface area contributed by atoms with Crippen LogP contribution in [0.25, 0.3) is 11.1 Å². The summed E-state index contributed by atoms with van der Waals surface area (Å²) in [5.74, 6) is 0. The molecule has 0 aliphatic carbocycles. The molecular weight excluding hydrogens is 476 g/mol. The third-order valence-corrected chi connectivity index (χ3v) is 5.30. The Kier molecular flexibility index (Phi) is 9.15. The van der Waals surface area contributed by atoms with E-state index in [2.05, 4.69) is 25.6 Å². The van der Waals surface area contributed by atoms with E-state index in [0.717, 1.165) is 5.56 Å². The van der Waals surface area contributed by atoms with E-state index < -0.39 is 36.5 Å². The van der Waals surface area contributed by atoms with E-state index in [9.17, 15) is 19.8 Å². The standard InChI is InChI=1S/C27H32N4O6/c1-27(2,3)37-26(35)29-22(18-8-6-5-7-9-18)15-20-14-21(24(31-30-20)23(33)16-32)17-10-12-19(13-11-17)28-25(34)36-4/h5-14,22-23,32-33H,15-16H2,1-4H3,(H,28,34)(H,29,35)/t22-,23?/m0/s1. The molecule has 1 heterocycles. The lowest BCUT2D eigenvalue weighted by molar-refractivity contribution is 0.0503. The summed E-state index contributed by atoms with van der Waals surface area (Å²) in [6, 6.07) is 17.6. The fourth-order valence-corrected chi connectivity index (χ4v) is 3.60. The summed E-state index contributed by atoms with van der Waals surface area (Å²) in [7, 11) is 1.27. The number of nitrogens with one attached hydrogen (secondary N) is 2. The topological polar surface area (TPSA) is 143 Å². The fraction of sp³-hybridized carbons (Fsp3) is 0.333. The predicted octanol–water partition coefficient (Wildman–Crippen LogP) is 4.16. The van der Waals surface area contributed by atoms with Crippen molar-refractivity contribution >= 4 is 17.9 Å². The van der Waals surface area contributed by atoms with Gasteiger partial charge in [-0.15, -0.1) is 0 Å². The van der Waals surface area contributed by atoms with Gasteiger partial charge in [-0.25, -0.2) is 9.59 Å². The molecule has 0 radical (unpaired) electrons. The molecule has 0 saturated heterocycles. The van der Waals surface area contributed by atoms with Crippen LogP contribution in [0.3, 0.4) is 0 Å². The first-order valence-electron chi connectivity index (χ1n) is 11.7. The molecule has 10 nitrogen and oxygen atoms in total. The number of carbonyl (C=O) groups is 2. The van der Waals surface area contributed by atoms with Crippen molar-refractivity contribution in [1.82, 2.24) is 15.5 Å². The molecule has 3 rings (SSSR count). The molecule has 0 fully saturated rings. The molecule has 37 heavy (non-hydrogen) atoms. The molecule has 4 N–H and O–H groups in total. The zero-order valence-electron chi connectivity index (χ0n) is 21.3. The van der Waals surface area contributed by atoms with Crippen molar-refractivity contribution in [3.8, 4) is 11.1 Å². The Hall–Kier alpha value is -4.02. The van der Waals surface area contributed by atoms with Crippen molar-refractivity contribution < 1.29 is 29.3 Å². The molecule has 1 unspecified atom stereocenters. The molecular formula is C27H32N4O6. The van der Waals surface area contributed by atoms with Crippen LogP contribution < -0.4 is 10.6 Å². The normalized spacial score (nSPS) is 12.8. The van der Waals surface area contributed by atoms with Gasteiger partial charge in [0.15, 0.2) is 0 Å². The Morgan fingerprint density at radius 1 is 1.00 bits per heavy atom. The van der Waals surface area contributed by atoms with Gasteiger partial charge in [0.2, 0.25) is 0 Å². The number of ether oxygens (including phenoxy) is 2. The molecule has 1 aromatic heterocycles. The van der Waals surface area contributed by atoms with Crippen LogP contribution in [0.1, 0.15) is 49.9 Å². The number of carbonyl (C=O) groups excluding carboxylic acids is 2. The van der Waals surface area contributed by atoms with E-state index in [1.54, 1.807) is 51.1 Å². The number of benzene rings is 2. The quantitative estimate of drug-likeness (QED) is 0.355. The average molecular weight is 509 g/mol. The number of aromatic nitrogens is 2. The van der Waals surface area contributed by atoms with Gasteiger partial charge in [0.25, 0.3) is 0 Å². The van der Waals surface area contributed by atoms with E-state index in [1.165, 1.54) is 7.11 Å². The number of aliphatic hydroxyl groups excluding tert-OH is 2. The molecule has 2 amide bonds. The fourth-order valence-electron chi connectivity index (χ4n) is 3.60. The summed E-state index contributed by atoms with van der Waals surface area (Å²) in [5, 5.41) is 33.8. The second kappa shape index (κ2) is 12.3. The highest BCUT2D eigenvalue weighted by Gasteiger charge is 2.23. The summed E-state index contributed by atoms with van der Waals surface area (Å²) < 4.78 is 10.1. The van der Waals surface area contributed by atoms with Gasteiger partial charge < -0.3 is 25.0 Å². The van der Waals surface area contributed by atoms with E-state index in [4.69, 9.17) is 4.74 Å². The van der Waals surface area contributed by atoms with Gasteiger partial charge in [-0.1, -0.05) is 42.5 Å². The maximum atomic E-state index is 12.6. The van der Waals surface area contributed by atoms with Gasteiger partial charge in [-0.3, -0.25) is 5.32 Å². The van der Waals surface area contributed by atoms with Crippen LogP contribution in [-0.4, -0.2) is 51.9 Å². The number of aliphatic hydroxyl groups is 2. The minimum atomic E-state index is -1.24. The number of amides is 2. The smallest absolute Gasteiger partial charge is 0.411 e. The lowest BCUT2D eigenvalue weighted by Crippen LogP contribution is -2.36. The lowest BCUT2D eigenvalue weighted by atomic mass is 9.97. The number of anilines is 1. The maximum Gasteiger partial charge on any atom is 0.411 e. The average Bonchev–Trinajstić information content (AvgIpc) is 2.87. The van der Waals surface area contributed by atoms with E-state index in [-0.39, 0.29) is 5.69 Å². The first kappa shape index (κ1) is 27.6. The highest BCUT2D eigenvalue weighted by Crippen LogP contribution is 2.29. The minimum absolute atomic E-state index is 0.205. The van der Waals surface area contributed by atoms with Crippen molar-refractivity contribution in [1.29, 1.82) is 0 Å². The highest BCUT2D eigenvalue weighted by atomic mass is 16.6. The molecule has 3 aromatic rings. The van der Waals surface area contributed by atoms with Gasteiger partial charge in [-0.2, -0.15) is 10.2 Å². The molecule has 0 saturated carbocycles. The molecule has 0 bridgehead atoms. The SMILES string of the molecule is COC(=O)Nc1ccc(-c2cc(C[C@H](NC(=O)OC(C)(C)C)c3ccccc3)nnc2C(O)CO)cc1. The molecule has 0 aliphatic rings. The van der Waals surface area contributed by atoms with Crippen LogP contribution in [0.15, 0.2) is 60.7 Å². The summed E-state index contributed by atoms with van der Waals surface area (Å²) in [6.45, 7) is 4.84. The number of hydrogen-bond donors (Lipinski definition) is 4. The molecule has 10 heteroatoms. The van der Waals surface area contributed by atoms with E-state index in [1.807, 2.05) is 30.3 Å². The molecule has 0 aliphatic heterocycles. The highest BCUT2D eigenvalue weighted by molar-refractivity contribution is 5.85. The Morgan fingerprint density at radius 2 is 1.68 bits per heavy atom. The van der Waals surface area contributed by atoms with E-state index >= 15 is 0 Å². The largest absolute Gasteiger partial charge is 0.453 e. The Balaban J connectivity index is 1.94.